The first-order valence-electron chi connectivity index (χ1n) is 7.81. The molecular weight excluding hydrogens is 310 g/mol. The van der Waals surface area contributed by atoms with Crippen molar-refractivity contribution in [1.29, 1.82) is 0 Å². The number of hydrogen-bond acceptors (Lipinski definition) is 5. The number of carbonyl (C=O) groups is 1. The quantitative estimate of drug-likeness (QED) is 0.814. The second-order valence-corrected chi connectivity index (χ2v) is 6.92. The number of nitrogens with zero attached hydrogens (tertiary/aromatic N) is 3. The third-order valence-electron chi connectivity index (χ3n) is 4.09. The van der Waals surface area contributed by atoms with Crippen molar-refractivity contribution >= 4 is 17.7 Å². The molecule has 0 N–H and O–H groups in total. The number of aromatic nitrogens is 2. The van der Waals surface area contributed by atoms with E-state index in [-0.39, 0.29) is 17.7 Å². The highest BCUT2D eigenvalue weighted by Crippen LogP contribution is 2.28. The molecule has 1 saturated heterocycles. The highest BCUT2D eigenvalue weighted by atomic mass is 32.2. The minimum Gasteiger partial charge on any atom is -0.339 e. The van der Waals surface area contributed by atoms with Gasteiger partial charge in [-0.1, -0.05) is 42.4 Å². The predicted molar refractivity (Wildman–Crippen MR) is 90.3 cm³/mol. The van der Waals surface area contributed by atoms with Gasteiger partial charge in [0.2, 0.25) is 11.8 Å². The van der Waals surface area contributed by atoms with Gasteiger partial charge in [-0.25, -0.2) is 0 Å². The highest BCUT2D eigenvalue weighted by molar-refractivity contribution is 7.98. The monoisotopic (exact) mass is 331 g/mol. The summed E-state index contributed by atoms with van der Waals surface area (Å²) in [5.74, 6) is 2.71. The largest absolute Gasteiger partial charge is 0.339 e. The maximum absolute atomic E-state index is 12.2. The molecule has 1 aromatic heterocycles. The van der Waals surface area contributed by atoms with Crippen LogP contribution in [-0.2, 0) is 11.3 Å². The van der Waals surface area contributed by atoms with Crippen LogP contribution in [0.2, 0.25) is 0 Å². The molecule has 5 nitrogen and oxygen atoms in total. The van der Waals surface area contributed by atoms with Crippen LogP contribution in [0.4, 0.5) is 0 Å². The Balaban J connectivity index is 1.65. The van der Waals surface area contributed by atoms with Crippen molar-refractivity contribution < 1.29 is 9.32 Å². The molecule has 0 spiro atoms. The fraction of sp³-hybridized carbons (Fsp3) is 0.471. The molecule has 23 heavy (non-hydrogen) atoms. The van der Waals surface area contributed by atoms with Crippen LogP contribution in [0.15, 0.2) is 34.9 Å². The summed E-state index contributed by atoms with van der Waals surface area (Å²) >= 11 is 1.76. The molecule has 0 bridgehead atoms. The highest BCUT2D eigenvalue weighted by Gasteiger charge is 2.33. The summed E-state index contributed by atoms with van der Waals surface area (Å²) in [6, 6.07) is 10.0. The fourth-order valence-electron chi connectivity index (χ4n) is 2.84. The first kappa shape index (κ1) is 16.1. The van der Waals surface area contributed by atoms with Gasteiger partial charge < -0.3 is 9.42 Å². The van der Waals surface area contributed by atoms with Crippen molar-refractivity contribution in [1.82, 2.24) is 15.0 Å². The Bertz CT molecular complexity index is 659. The molecule has 3 rings (SSSR count). The molecule has 1 aliphatic rings. The smallest absolute Gasteiger partial charge is 0.230 e. The Labute approximate surface area is 140 Å². The molecule has 0 unspecified atom stereocenters. The third kappa shape index (κ3) is 3.75. The van der Waals surface area contributed by atoms with E-state index in [0.717, 1.165) is 11.3 Å². The van der Waals surface area contributed by atoms with Gasteiger partial charge in [0.25, 0.3) is 0 Å². The second-order valence-electron chi connectivity index (χ2n) is 6.01. The van der Waals surface area contributed by atoms with Crippen molar-refractivity contribution in [3.8, 4) is 0 Å². The molecule has 1 aliphatic heterocycles. The zero-order valence-corrected chi connectivity index (χ0v) is 14.3. The van der Waals surface area contributed by atoms with Crippen molar-refractivity contribution in [3.05, 3.63) is 47.6 Å². The van der Waals surface area contributed by atoms with Crippen molar-refractivity contribution in [3.63, 3.8) is 0 Å². The van der Waals surface area contributed by atoms with Crippen LogP contribution >= 0.6 is 11.8 Å². The molecule has 6 heteroatoms. The van der Waals surface area contributed by atoms with E-state index in [1.807, 2.05) is 35.2 Å². The molecule has 1 amide bonds. The van der Waals surface area contributed by atoms with Crippen LogP contribution in [0.25, 0.3) is 0 Å². The van der Waals surface area contributed by atoms with Gasteiger partial charge in [-0.05, 0) is 11.8 Å². The standard InChI is InChI=1S/C17H21N3O2S/c1-12(11-23-2)17-18-16(19-22-17)14-8-15(21)20(10-14)9-13-6-4-3-5-7-13/h3-7,12,14H,8-11H2,1-2H3/t12-,14+/m0/s1. The summed E-state index contributed by atoms with van der Waals surface area (Å²) in [5.41, 5.74) is 1.14. The third-order valence-corrected chi connectivity index (χ3v) is 4.92. The summed E-state index contributed by atoms with van der Waals surface area (Å²) in [4.78, 5) is 18.6. The molecule has 1 aromatic carbocycles. The van der Waals surface area contributed by atoms with E-state index in [1.54, 1.807) is 11.8 Å². The van der Waals surface area contributed by atoms with E-state index in [4.69, 9.17) is 4.52 Å². The Hall–Kier alpha value is -1.82. The Morgan fingerprint density at radius 1 is 1.39 bits per heavy atom. The van der Waals surface area contributed by atoms with E-state index in [2.05, 4.69) is 23.3 Å². The predicted octanol–water partition coefficient (Wildman–Crippen LogP) is 3.05. The lowest BCUT2D eigenvalue weighted by atomic mass is 10.1. The second kappa shape index (κ2) is 7.17. The topological polar surface area (TPSA) is 59.2 Å². The number of benzene rings is 1. The molecule has 0 aliphatic carbocycles. The zero-order chi connectivity index (χ0) is 16.2. The number of hydrogen-bond donors (Lipinski definition) is 0. The number of likely N-dealkylation sites (tertiary alicyclic amines) is 1. The van der Waals surface area contributed by atoms with E-state index in [0.29, 0.717) is 31.2 Å². The van der Waals surface area contributed by atoms with Gasteiger partial charge in [-0.2, -0.15) is 16.7 Å². The maximum atomic E-state index is 12.2. The Kier molecular flexibility index (Phi) is 5.00. The zero-order valence-electron chi connectivity index (χ0n) is 13.4. The molecule has 1 fully saturated rings. The van der Waals surface area contributed by atoms with Crippen LogP contribution in [0, 0.1) is 0 Å². The van der Waals surface area contributed by atoms with Crippen LogP contribution in [0.1, 0.15) is 42.5 Å². The lowest BCUT2D eigenvalue weighted by Gasteiger charge is -2.15. The molecule has 2 atom stereocenters. The van der Waals surface area contributed by atoms with Crippen LogP contribution in [-0.4, -0.2) is 39.5 Å². The lowest BCUT2D eigenvalue weighted by Crippen LogP contribution is -2.24. The van der Waals surface area contributed by atoms with Gasteiger partial charge in [0.1, 0.15) is 0 Å². The summed E-state index contributed by atoms with van der Waals surface area (Å²) in [6.07, 6.45) is 2.52. The van der Waals surface area contributed by atoms with Gasteiger partial charge in [-0.15, -0.1) is 0 Å². The molecule has 122 valence electrons. The van der Waals surface area contributed by atoms with Crippen LogP contribution < -0.4 is 0 Å². The summed E-state index contributed by atoms with van der Waals surface area (Å²) in [7, 11) is 0. The summed E-state index contributed by atoms with van der Waals surface area (Å²) < 4.78 is 5.38. The first-order valence-corrected chi connectivity index (χ1v) is 9.21. The maximum Gasteiger partial charge on any atom is 0.230 e. The number of rotatable bonds is 6. The average Bonchev–Trinajstić information content (AvgIpc) is 3.16. The number of amides is 1. The van der Waals surface area contributed by atoms with Crippen LogP contribution in [0.3, 0.4) is 0 Å². The number of carbonyl (C=O) groups excluding carboxylic acids is 1. The first-order chi connectivity index (χ1) is 11.2. The van der Waals surface area contributed by atoms with E-state index >= 15 is 0 Å². The minimum absolute atomic E-state index is 0.0326. The van der Waals surface area contributed by atoms with E-state index in [9.17, 15) is 4.79 Å². The van der Waals surface area contributed by atoms with Gasteiger partial charge in [0.05, 0.1) is 0 Å². The molecule has 2 aromatic rings. The Morgan fingerprint density at radius 2 is 2.17 bits per heavy atom. The summed E-state index contributed by atoms with van der Waals surface area (Å²) in [5, 5.41) is 4.10. The van der Waals surface area contributed by atoms with Gasteiger partial charge in [0.15, 0.2) is 5.82 Å². The molecule has 0 radical (unpaired) electrons. The molecule has 0 saturated carbocycles. The van der Waals surface area contributed by atoms with Gasteiger partial charge in [-0.3, -0.25) is 4.79 Å². The molecule has 2 heterocycles. The van der Waals surface area contributed by atoms with E-state index in [1.165, 1.54) is 0 Å². The fourth-order valence-corrected chi connectivity index (χ4v) is 3.48. The summed E-state index contributed by atoms with van der Waals surface area (Å²) in [6.45, 7) is 3.38. The average molecular weight is 331 g/mol. The SMILES string of the molecule is CSC[C@H](C)c1nc([C@@H]2CC(=O)N(Cc3ccccc3)C2)no1. The Morgan fingerprint density at radius 3 is 2.91 bits per heavy atom. The van der Waals surface area contributed by atoms with Crippen molar-refractivity contribution in [2.24, 2.45) is 0 Å². The minimum atomic E-state index is 0.0326. The van der Waals surface area contributed by atoms with Crippen molar-refractivity contribution in [2.75, 3.05) is 18.6 Å². The van der Waals surface area contributed by atoms with Gasteiger partial charge in [0, 0.05) is 37.1 Å². The van der Waals surface area contributed by atoms with Gasteiger partial charge >= 0.3 is 0 Å². The van der Waals surface area contributed by atoms with Crippen molar-refractivity contribution in [2.45, 2.75) is 31.7 Å². The van der Waals surface area contributed by atoms with Crippen LogP contribution in [0.5, 0.6) is 0 Å². The normalized spacial score (nSPS) is 19.3. The molecular formula is C17H21N3O2S. The lowest BCUT2D eigenvalue weighted by molar-refractivity contribution is -0.128. The van der Waals surface area contributed by atoms with E-state index < -0.39 is 0 Å². The number of thioether (sulfide) groups is 1.